The Labute approximate surface area is 108 Å². The SMILES string of the molecule is Cc1ccccc1NC1(C(N)=O)CCOCC1C. The van der Waals surface area contributed by atoms with Gasteiger partial charge in [0.2, 0.25) is 5.91 Å². The highest BCUT2D eigenvalue weighted by atomic mass is 16.5. The summed E-state index contributed by atoms with van der Waals surface area (Å²) < 4.78 is 5.41. The summed E-state index contributed by atoms with van der Waals surface area (Å²) in [7, 11) is 0. The van der Waals surface area contributed by atoms with Crippen LogP contribution in [0.4, 0.5) is 5.69 Å². The van der Waals surface area contributed by atoms with E-state index in [0.29, 0.717) is 19.6 Å². The normalized spacial score (nSPS) is 27.8. The van der Waals surface area contributed by atoms with E-state index in [0.717, 1.165) is 11.3 Å². The van der Waals surface area contributed by atoms with E-state index in [1.807, 2.05) is 38.1 Å². The number of aryl methyl sites for hydroxylation is 1. The number of benzene rings is 1. The Bertz CT molecular complexity index is 447. The van der Waals surface area contributed by atoms with Gasteiger partial charge in [-0.2, -0.15) is 0 Å². The number of nitrogens with two attached hydrogens (primary N) is 1. The molecule has 1 heterocycles. The van der Waals surface area contributed by atoms with Gasteiger partial charge in [0.05, 0.1) is 6.61 Å². The number of carbonyl (C=O) groups excluding carboxylic acids is 1. The molecule has 98 valence electrons. The Balaban J connectivity index is 2.32. The molecule has 0 radical (unpaired) electrons. The number of carbonyl (C=O) groups is 1. The third-order valence-electron chi connectivity index (χ3n) is 3.79. The minimum Gasteiger partial charge on any atom is -0.381 e. The molecule has 4 heteroatoms. The molecule has 1 aliphatic heterocycles. The van der Waals surface area contributed by atoms with Crippen molar-refractivity contribution < 1.29 is 9.53 Å². The van der Waals surface area contributed by atoms with Crippen LogP contribution in [-0.4, -0.2) is 24.7 Å². The second kappa shape index (κ2) is 4.98. The highest BCUT2D eigenvalue weighted by molar-refractivity contribution is 5.88. The van der Waals surface area contributed by atoms with Gasteiger partial charge >= 0.3 is 0 Å². The van der Waals surface area contributed by atoms with Gasteiger partial charge in [0, 0.05) is 24.6 Å². The molecule has 2 rings (SSSR count). The minimum absolute atomic E-state index is 0.0587. The fourth-order valence-corrected chi connectivity index (χ4v) is 2.45. The van der Waals surface area contributed by atoms with Gasteiger partial charge in [-0.05, 0) is 18.6 Å². The van der Waals surface area contributed by atoms with Gasteiger partial charge in [0.1, 0.15) is 5.54 Å². The van der Waals surface area contributed by atoms with Crippen molar-refractivity contribution in [1.82, 2.24) is 0 Å². The van der Waals surface area contributed by atoms with Crippen molar-refractivity contribution in [2.24, 2.45) is 11.7 Å². The lowest BCUT2D eigenvalue weighted by Gasteiger charge is -2.41. The van der Waals surface area contributed by atoms with Gasteiger partial charge in [0.25, 0.3) is 0 Å². The Kier molecular flexibility index (Phi) is 3.57. The molecule has 1 saturated heterocycles. The smallest absolute Gasteiger partial charge is 0.243 e. The monoisotopic (exact) mass is 248 g/mol. The lowest BCUT2D eigenvalue weighted by molar-refractivity contribution is -0.128. The lowest BCUT2D eigenvalue weighted by Crippen LogP contribution is -2.59. The topological polar surface area (TPSA) is 64.3 Å². The molecule has 1 aliphatic rings. The van der Waals surface area contributed by atoms with Gasteiger partial charge in [-0.3, -0.25) is 4.79 Å². The summed E-state index contributed by atoms with van der Waals surface area (Å²) in [5, 5.41) is 3.36. The summed E-state index contributed by atoms with van der Waals surface area (Å²) in [4.78, 5) is 11.9. The first-order valence-electron chi connectivity index (χ1n) is 6.28. The van der Waals surface area contributed by atoms with E-state index in [2.05, 4.69) is 5.32 Å². The number of para-hydroxylation sites is 1. The van der Waals surface area contributed by atoms with E-state index >= 15 is 0 Å². The van der Waals surface area contributed by atoms with Crippen molar-refractivity contribution >= 4 is 11.6 Å². The van der Waals surface area contributed by atoms with E-state index < -0.39 is 5.54 Å². The molecule has 18 heavy (non-hydrogen) atoms. The number of amides is 1. The van der Waals surface area contributed by atoms with Crippen LogP contribution in [0.1, 0.15) is 18.9 Å². The fourth-order valence-electron chi connectivity index (χ4n) is 2.45. The van der Waals surface area contributed by atoms with Crippen molar-refractivity contribution in [3.05, 3.63) is 29.8 Å². The fraction of sp³-hybridized carbons (Fsp3) is 0.500. The van der Waals surface area contributed by atoms with Crippen LogP contribution >= 0.6 is 0 Å². The number of ether oxygens (including phenoxy) is 1. The molecular weight excluding hydrogens is 228 g/mol. The average Bonchev–Trinajstić information content (AvgIpc) is 2.34. The Morgan fingerprint density at radius 2 is 2.22 bits per heavy atom. The zero-order chi connectivity index (χ0) is 13.2. The molecule has 1 aromatic carbocycles. The van der Waals surface area contributed by atoms with Crippen molar-refractivity contribution in [2.45, 2.75) is 25.8 Å². The van der Waals surface area contributed by atoms with Crippen LogP contribution in [0, 0.1) is 12.8 Å². The number of primary amides is 1. The summed E-state index contributed by atoms with van der Waals surface area (Å²) in [6.45, 7) is 5.13. The zero-order valence-corrected chi connectivity index (χ0v) is 10.9. The summed E-state index contributed by atoms with van der Waals surface area (Å²) in [5.41, 5.74) is 7.00. The summed E-state index contributed by atoms with van der Waals surface area (Å²) in [6, 6.07) is 7.92. The first kappa shape index (κ1) is 12.9. The van der Waals surface area contributed by atoms with Crippen LogP contribution in [0.25, 0.3) is 0 Å². The Hall–Kier alpha value is -1.55. The molecule has 0 saturated carbocycles. The van der Waals surface area contributed by atoms with Crippen LogP contribution in [0.5, 0.6) is 0 Å². The quantitative estimate of drug-likeness (QED) is 0.855. The molecule has 0 bridgehead atoms. The summed E-state index contributed by atoms with van der Waals surface area (Å²) in [5.74, 6) is -0.245. The largest absolute Gasteiger partial charge is 0.381 e. The Morgan fingerprint density at radius 3 is 2.83 bits per heavy atom. The maximum Gasteiger partial charge on any atom is 0.243 e. The third-order valence-corrected chi connectivity index (χ3v) is 3.79. The second-order valence-corrected chi connectivity index (χ2v) is 5.00. The lowest BCUT2D eigenvalue weighted by atomic mass is 9.80. The first-order valence-corrected chi connectivity index (χ1v) is 6.28. The first-order chi connectivity index (χ1) is 8.56. The predicted octanol–water partition coefficient (Wildman–Crippen LogP) is 1.69. The molecule has 0 aliphatic carbocycles. The molecule has 1 fully saturated rings. The van der Waals surface area contributed by atoms with E-state index in [9.17, 15) is 4.79 Å². The molecular formula is C14H20N2O2. The van der Waals surface area contributed by atoms with Crippen molar-refractivity contribution in [1.29, 1.82) is 0 Å². The molecule has 0 aromatic heterocycles. The van der Waals surface area contributed by atoms with Crippen LogP contribution < -0.4 is 11.1 Å². The molecule has 2 atom stereocenters. The number of anilines is 1. The van der Waals surface area contributed by atoms with Gasteiger partial charge < -0.3 is 15.8 Å². The second-order valence-electron chi connectivity index (χ2n) is 5.00. The van der Waals surface area contributed by atoms with E-state index in [-0.39, 0.29) is 11.8 Å². The molecule has 2 unspecified atom stereocenters. The van der Waals surface area contributed by atoms with Gasteiger partial charge in [-0.1, -0.05) is 25.1 Å². The average molecular weight is 248 g/mol. The van der Waals surface area contributed by atoms with Crippen LogP contribution in [-0.2, 0) is 9.53 Å². The Morgan fingerprint density at radius 1 is 1.50 bits per heavy atom. The van der Waals surface area contributed by atoms with Crippen molar-refractivity contribution in [3.63, 3.8) is 0 Å². The molecule has 3 N–H and O–H groups in total. The predicted molar refractivity (Wildman–Crippen MR) is 71.3 cm³/mol. The molecule has 1 aromatic rings. The van der Waals surface area contributed by atoms with E-state index in [4.69, 9.17) is 10.5 Å². The van der Waals surface area contributed by atoms with E-state index in [1.165, 1.54) is 0 Å². The van der Waals surface area contributed by atoms with Crippen molar-refractivity contribution in [2.75, 3.05) is 18.5 Å². The highest BCUT2D eigenvalue weighted by Gasteiger charge is 2.44. The van der Waals surface area contributed by atoms with Gasteiger partial charge in [0.15, 0.2) is 0 Å². The highest BCUT2D eigenvalue weighted by Crippen LogP contribution is 2.31. The third kappa shape index (κ3) is 2.20. The standard InChI is InChI=1S/C14H20N2O2/c1-10-5-3-4-6-12(10)16-14(13(15)17)7-8-18-9-11(14)2/h3-6,11,16H,7-9H2,1-2H3,(H2,15,17). The van der Waals surface area contributed by atoms with Crippen molar-refractivity contribution in [3.8, 4) is 0 Å². The summed E-state index contributed by atoms with van der Waals surface area (Å²) in [6.07, 6.45) is 0.609. The maximum atomic E-state index is 11.9. The van der Waals surface area contributed by atoms with Gasteiger partial charge in [-0.25, -0.2) is 0 Å². The molecule has 0 spiro atoms. The number of hydrogen-bond acceptors (Lipinski definition) is 3. The number of nitrogens with one attached hydrogen (secondary N) is 1. The van der Waals surface area contributed by atoms with Crippen LogP contribution in [0.3, 0.4) is 0 Å². The summed E-state index contributed by atoms with van der Waals surface area (Å²) >= 11 is 0. The van der Waals surface area contributed by atoms with E-state index in [1.54, 1.807) is 0 Å². The maximum absolute atomic E-state index is 11.9. The van der Waals surface area contributed by atoms with Gasteiger partial charge in [-0.15, -0.1) is 0 Å². The minimum atomic E-state index is -0.704. The molecule has 4 nitrogen and oxygen atoms in total. The van der Waals surface area contributed by atoms with Crippen LogP contribution in [0.2, 0.25) is 0 Å². The van der Waals surface area contributed by atoms with Crippen LogP contribution in [0.15, 0.2) is 24.3 Å². The number of rotatable bonds is 3. The number of hydrogen-bond donors (Lipinski definition) is 2. The zero-order valence-electron chi connectivity index (χ0n) is 10.9. The molecule has 1 amide bonds.